The van der Waals surface area contributed by atoms with Gasteiger partial charge in [-0.1, -0.05) is 13.0 Å². The van der Waals surface area contributed by atoms with Gasteiger partial charge < -0.3 is 5.73 Å². The van der Waals surface area contributed by atoms with Gasteiger partial charge >= 0.3 is 0 Å². The predicted molar refractivity (Wildman–Crippen MR) is 69.5 cm³/mol. The summed E-state index contributed by atoms with van der Waals surface area (Å²) in [6.07, 6.45) is 2.70. The molecule has 5 heteroatoms. The Bertz CT molecular complexity index is 531. The van der Waals surface area contributed by atoms with E-state index in [-0.39, 0.29) is 12.0 Å². The normalized spacial score (nSPS) is 12.6. The first-order valence-electron chi connectivity index (χ1n) is 6.33. The fourth-order valence-corrected chi connectivity index (χ4v) is 2.11. The van der Waals surface area contributed by atoms with Gasteiger partial charge in [-0.15, -0.1) is 0 Å². The van der Waals surface area contributed by atoms with Gasteiger partial charge in [0.05, 0.1) is 11.7 Å². The van der Waals surface area contributed by atoms with Crippen LogP contribution in [0.4, 0.5) is 8.78 Å². The molecule has 0 saturated carbocycles. The van der Waals surface area contributed by atoms with Crippen LogP contribution in [0.1, 0.15) is 30.6 Å². The van der Waals surface area contributed by atoms with Crippen molar-refractivity contribution >= 4 is 0 Å². The Morgan fingerprint density at radius 2 is 1.95 bits per heavy atom. The van der Waals surface area contributed by atoms with E-state index in [2.05, 4.69) is 5.10 Å². The summed E-state index contributed by atoms with van der Waals surface area (Å²) in [7, 11) is 0. The number of nitrogens with zero attached hydrogens (tertiary/aromatic N) is 2. The van der Waals surface area contributed by atoms with Gasteiger partial charge in [0.15, 0.2) is 0 Å². The van der Waals surface area contributed by atoms with Gasteiger partial charge in [0.25, 0.3) is 0 Å². The molecule has 2 aromatic rings. The van der Waals surface area contributed by atoms with Crippen LogP contribution < -0.4 is 5.73 Å². The maximum atomic E-state index is 13.6. The number of hydrogen-bond donors (Lipinski definition) is 1. The lowest BCUT2D eigenvalue weighted by molar-refractivity contribution is 0.510. The van der Waals surface area contributed by atoms with Gasteiger partial charge in [0.2, 0.25) is 0 Å². The Balaban J connectivity index is 2.21. The number of hydrogen-bond acceptors (Lipinski definition) is 2. The first-order chi connectivity index (χ1) is 9.13. The Kier molecular flexibility index (Phi) is 4.27. The Morgan fingerprint density at radius 1 is 1.26 bits per heavy atom. The molecule has 0 fully saturated rings. The van der Waals surface area contributed by atoms with Crippen molar-refractivity contribution in [2.45, 2.75) is 32.4 Å². The van der Waals surface area contributed by atoms with Crippen molar-refractivity contribution in [3.05, 3.63) is 53.4 Å². The lowest BCUT2D eigenvalue weighted by Crippen LogP contribution is -2.19. The molecular formula is C14H17F2N3. The first kappa shape index (κ1) is 13.7. The van der Waals surface area contributed by atoms with E-state index in [0.717, 1.165) is 18.7 Å². The van der Waals surface area contributed by atoms with Gasteiger partial charge in [-0.25, -0.2) is 8.78 Å². The Morgan fingerprint density at radius 3 is 2.58 bits per heavy atom. The van der Waals surface area contributed by atoms with Crippen LogP contribution in [0.2, 0.25) is 0 Å². The zero-order chi connectivity index (χ0) is 13.8. The highest BCUT2D eigenvalue weighted by molar-refractivity contribution is 5.22. The topological polar surface area (TPSA) is 43.8 Å². The van der Waals surface area contributed by atoms with E-state index >= 15 is 0 Å². The number of aryl methyl sites for hydroxylation is 1. The number of benzene rings is 1. The lowest BCUT2D eigenvalue weighted by atomic mass is 10.0. The molecule has 1 atom stereocenters. The second-order valence-electron chi connectivity index (χ2n) is 4.49. The summed E-state index contributed by atoms with van der Waals surface area (Å²) < 4.78 is 28.9. The molecule has 102 valence electrons. The molecule has 0 saturated heterocycles. The standard InChI is InChI=1S/C14H17F2N3/c1-2-8-19-14(6-7-18-19)13(17)9-10-11(15)4-3-5-12(10)16/h3-7,13H,2,8-9,17H2,1H3. The average molecular weight is 265 g/mol. The number of halogens is 2. The van der Waals surface area contributed by atoms with E-state index in [4.69, 9.17) is 5.73 Å². The first-order valence-corrected chi connectivity index (χ1v) is 6.33. The molecule has 0 aliphatic heterocycles. The summed E-state index contributed by atoms with van der Waals surface area (Å²) >= 11 is 0. The zero-order valence-electron chi connectivity index (χ0n) is 10.8. The lowest BCUT2D eigenvalue weighted by Gasteiger charge is -2.15. The molecule has 0 radical (unpaired) electrons. The average Bonchev–Trinajstić information content (AvgIpc) is 2.83. The van der Waals surface area contributed by atoms with Crippen molar-refractivity contribution < 1.29 is 8.78 Å². The molecular weight excluding hydrogens is 248 g/mol. The third kappa shape index (κ3) is 2.98. The minimum absolute atomic E-state index is 0.0271. The minimum Gasteiger partial charge on any atom is -0.322 e. The highest BCUT2D eigenvalue weighted by Crippen LogP contribution is 2.20. The quantitative estimate of drug-likeness (QED) is 0.903. The predicted octanol–water partition coefficient (Wildman–Crippen LogP) is 2.81. The summed E-state index contributed by atoms with van der Waals surface area (Å²) in [6.45, 7) is 2.78. The molecule has 0 amide bonds. The van der Waals surface area contributed by atoms with Gasteiger partial charge in [-0.3, -0.25) is 4.68 Å². The van der Waals surface area contributed by atoms with E-state index in [9.17, 15) is 8.78 Å². The van der Waals surface area contributed by atoms with Crippen molar-refractivity contribution in [3.63, 3.8) is 0 Å². The van der Waals surface area contributed by atoms with Gasteiger partial charge in [-0.2, -0.15) is 5.10 Å². The number of aromatic nitrogens is 2. The van der Waals surface area contributed by atoms with Crippen molar-refractivity contribution in [1.82, 2.24) is 9.78 Å². The third-order valence-corrected chi connectivity index (χ3v) is 3.05. The molecule has 19 heavy (non-hydrogen) atoms. The molecule has 3 nitrogen and oxygen atoms in total. The van der Waals surface area contributed by atoms with Gasteiger partial charge in [-0.05, 0) is 31.0 Å². The van der Waals surface area contributed by atoms with E-state index in [1.807, 2.05) is 6.92 Å². The van der Waals surface area contributed by atoms with Gasteiger partial charge in [0, 0.05) is 18.3 Å². The van der Waals surface area contributed by atoms with Crippen LogP contribution >= 0.6 is 0 Å². The van der Waals surface area contributed by atoms with Crippen molar-refractivity contribution in [3.8, 4) is 0 Å². The van der Waals surface area contributed by atoms with Crippen LogP contribution in [0.3, 0.4) is 0 Å². The molecule has 2 N–H and O–H groups in total. The molecule has 1 aromatic carbocycles. The molecule has 2 rings (SSSR count). The van der Waals surface area contributed by atoms with Crippen LogP contribution in [0.15, 0.2) is 30.5 Å². The van der Waals surface area contributed by atoms with Crippen LogP contribution in [-0.2, 0) is 13.0 Å². The molecule has 1 unspecified atom stereocenters. The summed E-state index contributed by atoms with van der Waals surface area (Å²) in [6, 6.07) is 5.16. The van der Waals surface area contributed by atoms with Gasteiger partial charge in [0.1, 0.15) is 11.6 Å². The maximum absolute atomic E-state index is 13.6. The van der Waals surface area contributed by atoms with E-state index < -0.39 is 17.7 Å². The molecule has 0 bridgehead atoms. The second-order valence-corrected chi connectivity index (χ2v) is 4.49. The monoisotopic (exact) mass is 265 g/mol. The third-order valence-electron chi connectivity index (χ3n) is 3.05. The molecule has 0 aliphatic rings. The van der Waals surface area contributed by atoms with E-state index in [0.29, 0.717) is 0 Å². The largest absolute Gasteiger partial charge is 0.322 e. The number of nitrogens with two attached hydrogens (primary N) is 1. The smallest absolute Gasteiger partial charge is 0.129 e. The summed E-state index contributed by atoms with van der Waals surface area (Å²) in [4.78, 5) is 0. The van der Waals surface area contributed by atoms with Crippen LogP contribution in [0.5, 0.6) is 0 Å². The van der Waals surface area contributed by atoms with Crippen molar-refractivity contribution in [2.24, 2.45) is 5.73 Å². The molecule has 1 heterocycles. The highest BCUT2D eigenvalue weighted by Gasteiger charge is 2.17. The summed E-state index contributed by atoms with van der Waals surface area (Å²) in [5.41, 5.74) is 6.87. The molecule has 0 aliphatic carbocycles. The maximum Gasteiger partial charge on any atom is 0.129 e. The summed E-state index contributed by atoms with van der Waals surface area (Å²) in [5, 5.41) is 4.16. The van der Waals surface area contributed by atoms with Crippen molar-refractivity contribution in [2.75, 3.05) is 0 Å². The van der Waals surface area contributed by atoms with Crippen LogP contribution in [0.25, 0.3) is 0 Å². The fraction of sp³-hybridized carbons (Fsp3) is 0.357. The SMILES string of the molecule is CCCn1nccc1C(N)Cc1c(F)cccc1F. The van der Waals surface area contributed by atoms with E-state index in [1.165, 1.54) is 18.2 Å². The van der Waals surface area contributed by atoms with Crippen molar-refractivity contribution in [1.29, 1.82) is 0 Å². The second kappa shape index (κ2) is 5.93. The number of rotatable bonds is 5. The molecule has 1 aromatic heterocycles. The minimum atomic E-state index is -0.558. The zero-order valence-corrected chi connectivity index (χ0v) is 10.8. The Labute approximate surface area is 111 Å². The molecule has 0 spiro atoms. The van der Waals surface area contributed by atoms with E-state index in [1.54, 1.807) is 16.9 Å². The summed E-state index contributed by atoms with van der Waals surface area (Å²) in [5.74, 6) is -1.12. The van der Waals surface area contributed by atoms with Crippen LogP contribution in [0, 0.1) is 11.6 Å². The Hall–Kier alpha value is -1.75. The fourth-order valence-electron chi connectivity index (χ4n) is 2.11. The van der Waals surface area contributed by atoms with Crippen LogP contribution in [-0.4, -0.2) is 9.78 Å². The highest BCUT2D eigenvalue weighted by atomic mass is 19.1.